The first-order valence-corrected chi connectivity index (χ1v) is 8.18. The predicted octanol–water partition coefficient (Wildman–Crippen LogP) is 3.85. The van der Waals surface area contributed by atoms with E-state index in [0.717, 1.165) is 0 Å². The highest BCUT2D eigenvalue weighted by atomic mass is 32.1. The van der Waals surface area contributed by atoms with Crippen LogP contribution < -0.4 is 14.8 Å². The molecule has 1 heterocycles. The van der Waals surface area contributed by atoms with Crippen molar-refractivity contribution in [2.45, 2.75) is 6.92 Å². The largest absolute Gasteiger partial charge is 0.490 e. The molecule has 0 aliphatic heterocycles. The van der Waals surface area contributed by atoms with Crippen molar-refractivity contribution in [2.24, 2.45) is 0 Å². The third-order valence-corrected chi connectivity index (χ3v) is 4.06. The normalized spacial score (nSPS) is 10.6. The molecule has 0 atom stereocenters. The summed E-state index contributed by atoms with van der Waals surface area (Å²) >= 11 is 1.21. The van der Waals surface area contributed by atoms with E-state index in [1.807, 2.05) is 13.0 Å². The third kappa shape index (κ3) is 3.62. The van der Waals surface area contributed by atoms with Crippen LogP contribution in [0.2, 0.25) is 0 Å². The number of thiazole rings is 1. The molecule has 0 fully saturated rings. The van der Waals surface area contributed by atoms with Gasteiger partial charge in [-0.15, -0.1) is 0 Å². The Morgan fingerprint density at radius 2 is 1.92 bits per heavy atom. The highest BCUT2D eigenvalue weighted by molar-refractivity contribution is 7.22. The van der Waals surface area contributed by atoms with Crippen molar-refractivity contribution in [3.63, 3.8) is 0 Å². The fourth-order valence-corrected chi connectivity index (χ4v) is 3.01. The maximum atomic E-state index is 13.6. The summed E-state index contributed by atoms with van der Waals surface area (Å²) in [5.74, 6) is 0.284. The predicted molar refractivity (Wildman–Crippen MR) is 91.3 cm³/mol. The first-order chi connectivity index (χ1) is 11.7. The van der Waals surface area contributed by atoms with Crippen LogP contribution in [0.15, 0.2) is 42.5 Å². The van der Waals surface area contributed by atoms with E-state index < -0.39 is 5.82 Å². The summed E-state index contributed by atoms with van der Waals surface area (Å²) in [6.07, 6.45) is 0. The molecular formula is C17H15FN2O3S. The van der Waals surface area contributed by atoms with Crippen molar-refractivity contribution in [3.05, 3.63) is 48.3 Å². The number of aromatic nitrogens is 1. The van der Waals surface area contributed by atoms with Gasteiger partial charge in [0, 0.05) is 0 Å². The quantitative estimate of drug-likeness (QED) is 0.736. The molecule has 0 saturated carbocycles. The van der Waals surface area contributed by atoms with E-state index in [0.29, 0.717) is 27.9 Å². The van der Waals surface area contributed by atoms with Crippen LogP contribution in [0, 0.1) is 5.82 Å². The zero-order chi connectivity index (χ0) is 16.9. The monoisotopic (exact) mass is 346 g/mol. The smallest absolute Gasteiger partial charge is 0.264 e. The van der Waals surface area contributed by atoms with E-state index in [1.165, 1.54) is 17.4 Å². The van der Waals surface area contributed by atoms with Gasteiger partial charge in [-0.3, -0.25) is 10.1 Å². The molecule has 0 saturated heterocycles. The highest BCUT2D eigenvalue weighted by Crippen LogP contribution is 2.28. The zero-order valence-electron chi connectivity index (χ0n) is 12.9. The average molecular weight is 346 g/mol. The Morgan fingerprint density at radius 1 is 1.17 bits per heavy atom. The van der Waals surface area contributed by atoms with Crippen LogP contribution in [0.5, 0.6) is 11.5 Å². The number of rotatable bonds is 6. The average Bonchev–Trinajstić information content (AvgIpc) is 2.98. The van der Waals surface area contributed by atoms with Crippen molar-refractivity contribution < 1.29 is 18.7 Å². The number of para-hydroxylation sites is 3. The first-order valence-electron chi connectivity index (χ1n) is 7.37. The van der Waals surface area contributed by atoms with Crippen LogP contribution in [0.4, 0.5) is 9.52 Å². The molecule has 2 aromatic carbocycles. The summed E-state index contributed by atoms with van der Waals surface area (Å²) in [4.78, 5) is 16.1. The standard InChI is InChI=1S/C17H15FN2O3S/c1-2-22-12-7-3-4-8-13(12)23-10-15(21)19-17-20-16-11(18)6-5-9-14(16)24-17/h3-9H,2,10H2,1H3,(H,19,20,21). The van der Waals surface area contributed by atoms with Gasteiger partial charge in [0.15, 0.2) is 23.2 Å². The molecule has 1 amide bonds. The second-order valence-corrected chi connectivity index (χ2v) is 5.85. The molecule has 0 aliphatic carbocycles. The number of nitrogens with one attached hydrogen (secondary N) is 1. The number of ether oxygens (including phenoxy) is 2. The van der Waals surface area contributed by atoms with Crippen molar-refractivity contribution in [2.75, 3.05) is 18.5 Å². The zero-order valence-corrected chi connectivity index (χ0v) is 13.7. The summed E-state index contributed by atoms with van der Waals surface area (Å²) < 4.78 is 25.2. The molecule has 124 valence electrons. The molecule has 1 aromatic heterocycles. The maximum Gasteiger partial charge on any atom is 0.264 e. The summed E-state index contributed by atoms with van der Waals surface area (Å²) in [5.41, 5.74) is 0.250. The second kappa shape index (κ2) is 7.27. The topological polar surface area (TPSA) is 60.5 Å². The van der Waals surface area contributed by atoms with Gasteiger partial charge >= 0.3 is 0 Å². The Kier molecular flexibility index (Phi) is 4.90. The number of fused-ring (bicyclic) bond motifs is 1. The van der Waals surface area contributed by atoms with Gasteiger partial charge < -0.3 is 9.47 Å². The number of amides is 1. The minimum absolute atomic E-state index is 0.192. The molecule has 3 aromatic rings. The number of halogens is 1. The molecule has 24 heavy (non-hydrogen) atoms. The molecule has 0 spiro atoms. The molecule has 0 aliphatic rings. The SMILES string of the molecule is CCOc1ccccc1OCC(=O)Nc1nc2c(F)cccc2s1. The Hall–Kier alpha value is -2.67. The number of benzene rings is 2. The van der Waals surface area contributed by atoms with E-state index in [1.54, 1.807) is 30.3 Å². The molecule has 0 unspecified atom stereocenters. The van der Waals surface area contributed by atoms with Gasteiger partial charge in [-0.1, -0.05) is 29.5 Å². The molecule has 0 radical (unpaired) electrons. The van der Waals surface area contributed by atoms with Crippen LogP contribution in [0.1, 0.15) is 6.92 Å². The molecule has 1 N–H and O–H groups in total. The van der Waals surface area contributed by atoms with Crippen molar-refractivity contribution in [3.8, 4) is 11.5 Å². The van der Waals surface area contributed by atoms with Crippen LogP contribution >= 0.6 is 11.3 Å². The number of nitrogens with zero attached hydrogens (tertiary/aromatic N) is 1. The highest BCUT2D eigenvalue weighted by Gasteiger charge is 2.12. The lowest BCUT2D eigenvalue weighted by Crippen LogP contribution is -2.20. The van der Waals surface area contributed by atoms with Crippen LogP contribution in [0.25, 0.3) is 10.2 Å². The molecule has 7 heteroatoms. The number of carbonyl (C=O) groups is 1. The van der Waals surface area contributed by atoms with Crippen LogP contribution in [-0.4, -0.2) is 24.1 Å². The van der Waals surface area contributed by atoms with Crippen molar-refractivity contribution in [1.82, 2.24) is 4.98 Å². The lowest BCUT2D eigenvalue weighted by atomic mass is 10.3. The lowest BCUT2D eigenvalue weighted by molar-refractivity contribution is -0.118. The first kappa shape index (κ1) is 16.2. The summed E-state index contributed by atoms with van der Waals surface area (Å²) in [5, 5.41) is 2.95. The van der Waals surface area contributed by atoms with Gasteiger partial charge in [0.25, 0.3) is 5.91 Å². The minimum atomic E-state index is -0.411. The van der Waals surface area contributed by atoms with Gasteiger partial charge in [0.05, 0.1) is 11.3 Å². The summed E-state index contributed by atoms with van der Waals surface area (Å²) in [6, 6.07) is 11.8. The van der Waals surface area contributed by atoms with Crippen molar-refractivity contribution in [1.29, 1.82) is 0 Å². The Balaban J connectivity index is 1.64. The van der Waals surface area contributed by atoms with E-state index in [-0.39, 0.29) is 18.0 Å². The third-order valence-electron chi connectivity index (χ3n) is 3.12. The molecule has 3 rings (SSSR count). The van der Waals surface area contributed by atoms with E-state index >= 15 is 0 Å². The summed E-state index contributed by atoms with van der Waals surface area (Å²) in [6.45, 7) is 2.18. The molecule has 5 nitrogen and oxygen atoms in total. The Morgan fingerprint density at radius 3 is 2.62 bits per heavy atom. The fraction of sp³-hybridized carbons (Fsp3) is 0.176. The van der Waals surface area contributed by atoms with E-state index in [2.05, 4.69) is 10.3 Å². The fourth-order valence-electron chi connectivity index (χ4n) is 2.11. The number of hydrogen-bond acceptors (Lipinski definition) is 5. The van der Waals surface area contributed by atoms with Gasteiger partial charge in [-0.2, -0.15) is 0 Å². The Labute approximate surface area is 142 Å². The van der Waals surface area contributed by atoms with Gasteiger partial charge in [-0.25, -0.2) is 9.37 Å². The second-order valence-electron chi connectivity index (χ2n) is 4.82. The Bertz CT molecular complexity index is 866. The van der Waals surface area contributed by atoms with Gasteiger partial charge in [0.1, 0.15) is 11.3 Å². The van der Waals surface area contributed by atoms with E-state index in [9.17, 15) is 9.18 Å². The summed E-state index contributed by atoms with van der Waals surface area (Å²) in [7, 11) is 0. The number of hydrogen-bond donors (Lipinski definition) is 1. The maximum absolute atomic E-state index is 13.6. The number of anilines is 1. The lowest BCUT2D eigenvalue weighted by Gasteiger charge is -2.10. The van der Waals surface area contributed by atoms with Crippen LogP contribution in [0.3, 0.4) is 0 Å². The van der Waals surface area contributed by atoms with Crippen LogP contribution in [-0.2, 0) is 4.79 Å². The van der Waals surface area contributed by atoms with E-state index in [4.69, 9.17) is 9.47 Å². The molecular weight excluding hydrogens is 331 g/mol. The van der Waals surface area contributed by atoms with Gasteiger partial charge in [-0.05, 0) is 31.2 Å². The minimum Gasteiger partial charge on any atom is -0.490 e. The van der Waals surface area contributed by atoms with Crippen molar-refractivity contribution >= 4 is 32.6 Å². The molecule has 0 bridgehead atoms. The van der Waals surface area contributed by atoms with Gasteiger partial charge in [0.2, 0.25) is 0 Å². The number of carbonyl (C=O) groups excluding carboxylic acids is 1.